The van der Waals surface area contributed by atoms with Crippen molar-refractivity contribution in [2.24, 2.45) is 0 Å². The Balaban J connectivity index is 1.46. The molecule has 1 saturated heterocycles. The number of nitrogens with one attached hydrogen (secondary N) is 1. The lowest BCUT2D eigenvalue weighted by Gasteiger charge is -2.36. The van der Waals surface area contributed by atoms with Crippen molar-refractivity contribution in [3.63, 3.8) is 0 Å². The van der Waals surface area contributed by atoms with E-state index in [1.54, 1.807) is 4.90 Å². The van der Waals surface area contributed by atoms with Gasteiger partial charge in [0.05, 0.1) is 5.92 Å². The largest absolute Gasteiger partial charge is 0.339 e. The Morgan fingerprint density at radius 3 is 2.70 bits per heavy atom. The number of hydrogen-bond acceptors (Lipinski definition) is 4. The average Bonchev–Trinajstić information content (AvgIpc) is 2.95. The molecule has 0 unspecified atom stereocenters. The molecule has 23 heavy (non-hydrogen) atoms. The van der Waals surface area contributed by atoms with E-state index in [1.165, 1.54) is 0 Å². The summed E-state index contributed by atoms with van der Waals surface area (Å²) in [4.78, 5) is 18.2. The van der Waals surface area contributed by atoms with E-state index < -0.39 is 0 Å². The van der Waals surface area contributed by atoms with Gasteiger partial charge in [0, 0.05) is 30.6 Å². The smallest absolute Gasteiger partial charge is 0.317 e. The van der Waals surface area contributed by atoms with Crippen molar-refractivity contribution in [1.82, 2.24) is 20.4 Å². The van der Waals surface area contributed by atoms with Crippen LogP contribution in [0.1, 0.15) is 43.0 Å². The van der Waals surface area contributed by atoms with Crippen LogP contribution in [0.2, 0.25) is 5.02 Å². The van der Waals surface area contributed by atoms with Crippen LogP contribution >= 0.6 is 11.6 Å². The summed E-state index contributed by atoms with van der Waals surface area (Å²) in [5, 5.41) is 7.53. The quantitative estimate of drug-likeness (QED) is 0.932. The van der Waals surface area contributed by atoms with Crippen LogP contribution in [0.4, 0.5) is 4.79 Å². The summed E-state index contributed by atoms with van der Waals surface area (Å²) in [6.45, 7) is 5.73. The minimum Gasteiger partial charge on any atom is -0.339 e. The Morgan fingerprint density at radius 2 is 2.09 bits per heavy atom. The summed E-state index contributed by atoms with van der Waals surface area (Å²) >= 11 is 5.84. The van der Waals surface area contributed by atoms with Crippen LogP contribution in [0.25, 0.3) is 0 Å². The highest BCUT2D eigenvalue weighted by molar-refractivity contribution is 6.30. The van der Waals surface area contributed by atoms with Gasteiger partial charge >= 0.3 is 6.03 Å². The number of hydrogen-bond donors (Lipinski definition) is 1. The molecule has 1 fully saturated rings. The number of likely N-dealkylation sites (tertiary alicyclic amines) is 1. The molecule has 7 heteroatoms. The van der Waals surface area contributed by atoms with Crippen LogP contribution in [-0.2, 0) is 6.54 Å². The van der Waals surface area contributed by atoms with Crippen LogP contribution in [0.3, 0.4) is 0 Å². The van der Waals surface area contributed by atoms with Gasteiger partial charge in [-0.05, 0) is 17.7 Å². The zero-order valence-corrected chi connectivity index (χ0v) is 13.9. The number of amides is 2. The van der Waals surface area contributed by atoms with Crippen LogP contribution in [-0.4, -0.2) is 34.2 Å². The highest BCUT2D eigenvalue weighted by Gasteiger charge is 2.35. The number of aromatic nitrogens is 2. The molecule has 0 aliphatic carbocycles. The monoisotopic (exact) mass is 334 g/mol. The van der Waals surface area contributed by atoms with Gasteiger partial charge in [-0.25, -0.2) is 4.79 Å². The van der Waals surface area contributed by atoms with E-state index >= 15 is 0 Å². The number of rotatable bonds is 4. The highest BCUT2D eigenvalue weighted by Crippen LogP contribution is 2.26. The van der Waals surface area contributed by atoms with E-state index in [0.717, 1.165) is 5.56 Å². The average molecular weight is 335 g/mol. The molecule has 1 aromatic carbocycles. The first kappa shape index (κ1) is 15.8. The molecule has 0 saturated carbocycles. The van der Waals surface area contributed by atoms with Gasteiger partial charge in [0.15, 0.2) is 5.82 Å². The zero-order chi connectivity index (χ0) is 16.4. The molecule has 2 heterocycles. The molecular weight excluding hydrogens is 316 g/mol. The molecule has 2 aromatic rings. The van der Waals surface area contributed by atoms with Crippen molar-refractivity contribution in [1.29, 1.82) is 0 Å². The van der Waals surface area contributed by atoms with Gasteiger partial charge in [-0.15, -0.1) is 0 Å². The van der Waals surface area contributed by atoms with Crippen LogP contribution in [0, 0.1) is 0 Å². The number of urea groups is 1. The van der Waals surface area contributed by atoms with Crippen molar-refractivity contribution in [3.05, 3.63) is 46.6 Å². The second-order valence-electron chi connectivity index (χ2n) is 6.03. The molecule has 2 amide bonds. The van der Waals surface area contributed by atoms with E-state index in [1.807, 2.05) is 38.1 Å². The minimum absolute atomic E-state index is 0.0835. The van der Waals surface area contributed by atoms with Gasteiger partial charge in [-0.2, -0.15) is 4.98 Å². The van der Waals surface area contributed by atoms with E-state index in [4.69, 9.17) is 16.1 Å². The maximum absolute atomic E-state index is 12.1. The predicted molar refractivity (Wildman–Crippen MR) is 86.4 cm³/mol. The number of nitrogens with zero attached hydrogens (tertiary/aromatic N) is 3. The first-order valence-electron chi connectivity index (χ1n) is 7.63. The second kappa shape index (κ2) is 6.58. The third kappa shape index (κ3) is 3.64. The van der Waals surface area contributed by atoms with Crippen molar-refractivity contribution in [2.45, 2.75) is 32.2 Å². The van der Waals surface area contributed by atoms with E-state index in [9.17, 15) is 4.79 Å². The molecule has 122 valence electrons. The summed E-state index contributed by atoms with van der Waals surface area (Å²) in [6, 6.07) is 7.33. The fourth-order valence-electron chi connectivity index (χ4n) is 2.34. The molecule has 1 aliphatic heterocycles. The van der Waals surface area contributed by atoms with Gasteiger partial charge in [0.25, 0.3) is 0 Å². The van der Waals surface area contributed by atoms with Gasteiger partial charge < -0.3 is 14.7 Å². The van der Waals surface area contributed by atoms with Crippen LogP contribution < -0.4 is 5.32 Å². The summed E-state index contributed by atoms with van der Waals surface area (Å²) in [6.07, 6.45) is 0. The summed E-state index contributed by atoms with van der Waals surface area (Å²) in [5.74, 6) is 1.71. The first-order valence-corrected chi connectivity index (χ1v) is 8.01. The summed E-state index contributed by atoms with van der Waals surface area (Å²) in [5.41, 5.74) is 1.01. The molecule has 0 atom stereocenters. The van der Waals surface area contributed by atoms with E-state index in [0.29, 0.717) is 36.4 Å². The minimum atomic E-state index is -0.0835. The van der Waals surface area contributed by atoms with Crippen LogP contribution in [0.5, 0.6) is 0 Å². The Bertz CT molecular complexity index is 678. The molecule has 1 aliphatic rings. The Labute approximate surface area is 139 Å². The first-order chi connectivity index (χ1) is 11.0. The van der Waals surface area contributed by atoms with Crippen molar-refractivity contribution < 1.29 is 9.32 Å². The molecule has 3 rings (SSSR count). The number of benzene rings is 1. The lowest BCUT2D eigenvalue weighted by Crippen LogP contribution is -2.52. The van der Waals surface area contributed by atoms with Gasteiger partial charge in [-0.3, -0.25) is 0 Å². The number of halogens is 1. The Kier molecular flexibility index (Phi) is 4.52. The standard InChI is InChI=1S/C16H19ClN4O2/c1-10(2)14-19-15(23-20-14)12-8-21(9-12)16(22)18-7-11-3-5-13(17)6-4-11/h3-6,10,12H,7-9H2,1-2H3,(H,18,22). The second-order valence-corrected chi connectivity index (χ2v) is 6.47. The van der Waals surface area contributed by atoms with Gasteiger partial charge in [0.1, 0.15) is 0 Å². The predicted octanol–water partition coefficient (Wildman–Crippen LogP) is 3.16. The maximum atomic E-state index is 12.1. The third-order valence-corrected chi connectivity index (χ3v) is 4.10. The molecular formula is C16H19ClN4O2. The summed E-state index contributed by atoms with van der Waals surface area (Å²) < 4.78 is 5.27. The van der Waals surface area contributed by atoms with Crippen molar-refractivity contribution in [2.75, 3.05) is 13.1 Å². The lowest BCUT2D eigenvalue weighted by molar-refractivity contribution is 0.136. The number of carbonyl (C=O) groups excluding carboxylic acids is 1. The van der Waals surface area contributed by atoms with Crippen LogP contribution in [0.15, 0.2) is 28.8 Å². The Hall–Kier alpha value is -2.08. The number of carbonyl (C=O) groups is 1. The van der Waals surface area contributed by atoms with Crippen molar-refractivity contribution in [3.8, 4) is 0 Å². The zero-order valence-electron chi connectivity index (χ0n) is 13.1. The van der Waals surface area contributed by atoms with Gasteiger partial charge in [0.2, 0.25) is 5.89 Å². The molecule has 1 N–H and O–H groups in total. The maximum Gasteiger partial charge on any atom is 0.317 e. The normalized spacial score (nSPS) is 14.9. The molecule has 0 bridgehead atoms. The lowest BCUT2D eigenvalue weighted by atomic mass is 10.0. The molecule has 0 spiro atoms. The van der Waals surface area contributed by atoms with Crippen molar-refractivity contribution >= 4 is 17.6 Å². The summed E-state index contributed by atoms with van der Waals surface area (Å²) in [7, 11) is 0. The van der Waals surface area contributed by atoms with E-state index in [-0.39, 0.29) is 17.9 Å². The SMILES string of the molecule is CC(C)c1noc(C2CN(C(=O)NCc3ccc(Cl)cc3)C2)n1. The topological polar surface area (TPSA) is 71.3 Å². The fourth-order valence-corrected chi connectivity index (χ4v) is 2.47. The van der Waals surface area contributed by atoms with E-state index in [2.05, 4.69) is 15.5 Å². The third-order valence-electron chi connectivity index (χ3n) is 3.85. The highest BCUT2D eigenvalue weighted by atomic mass is 35.5. The molecule has 0 radical (unpaired) electrons. The molecule has 6 nitrogen and oxygen atoms in total. The Morgan fingerprint density at radius 1 is 1.39 bits per heavy atom. The van der Waals surface area contributed by atoms with Gasteiger partial charge in [-0.1, -0.05) is 42.7 Å². The molecule has 1 aromatic heterocycles. The fraction of sp³-hybridized carbons (Fsp3) is 0.438.